The number of halogens is 2. The van der Waals surface area contributed by atoms with Crippen LogP contribution in [0.3, 0.4) is 0 Å². The van der Waals surface area contributed by atoms with Gasteiger partial charge in [-0.2, -0.15) is 0 Å². The summed E-state index contributed by atoms with van der Waals surface area (Å²) in [4.78, 5) is 0. The molecule has 0 aliphatic carbocycles. The van der Waals surface area contributed by atoms with Gasteiger partial charge in [-0.15, -0.1) is 0 Å². The summed E-state index contributed by atoms with van der Waals surface area (Å²) in [5.74, 6) is -1.25. The van der Waals surface area contributed by atoms with Gasteiger partial charge in [0.1, 0.15) is 0 Å². The predicted octanol–water partition coefficient (Wildman–Crippen LogP) is 4.12. The van der Waals surface area contributed by atoms with E-state index in [4.69, 9.17) is 4.74 Å². The Morgan fingerprint density at radius 1 is 1.11 bits per heavy atom. The van der Waals surface area contributed by atoms with Gasteiger partial charge in [0, 0.05) is 0 Å². The standard InChI is InChI=1S/C15H14F2O2/c1-9-4-3-5-14(15(9)17)19-13-7-6-11(10(2)18)8-12(13)16/h3-8,10,18H,1-2H3/t10-/m0/s1. The average molecular weight is 264 g/mol. The number of aliphatic hydroxyl groups excluding tert-OH is 1. The molecular weight excluding hydrogens is 250 g/mol. The van der Waals surface area contributed by atoms with Gasteiger partial charge in [0.05, 0.1) is 6.10 Å². The van der Waals surface area contributed by atoms with E-state index < -0.39 is 17.7 Å². The van der Waals surface area contributed by atoms with Crippen molar-refractivity contribution in [1.82, 2.24) is 0 Å². The van der Waals surface area contributed by atoms with E-state index in [9.17, 15) is 13.9 Å². The first kappa shape index (κ1) is 13.5. The fraction of sp³-hybridized carbons (Fsp3) is 0.200. The lowest BCUT2D eigenvalue weighted by Crippen LogP contribution is -1.96. The van der Waals surface area contributed by atoms with E-state index in [0.717, 1.165) is 0 Å². The molecule has 0 spiro atoms. The monoisotopic (exact) mass is 264 g/mol. The van der Waals surface area contributed by atoms with E-state index in [1.165, 1.54) is 31.2 Å². The summed E-state index contributed by atoms with van der Waals surface area (Å²) in [6.07, 6.45) is -0.765. The van der Waals surface area contributed by atoms with Crippen molar-refractivity contribution in [3.63, 3.8) is 0 Å². The molecule has 4 heteroatoms. The molecule has 0 aromatic heterocycles. The van der Waals surface area contributed by atoms with Crippen molar-refractivity contribution < 1.29 is 18.6 Å². The lowest BCUT2D eigenvalue weighted by molar-refractivity contribution is 0.198. The summed E-state index contributed by atoms with van der Waals surface area (Å²) >= 11 is 0. The first-order chi connectivity index (χ1) is 8.99. The SMILES string of the molecule is Cc1cccc(Oc2ccc([C@H](C)O)cc2F)c1F. The molecule has 0 unspecified atom stereocenters. The second-order valence-electron chi connectivity index (χ2n) is 4.35. The summed E-state index contributed by atoms with van der Waals surface area (Å²) in [5, 5.41) is 9.34. The minimum atomic E-state index is -0.765. The maximum absolute atomic E-state index is 13.8. The predicted molar refractivity (Wildman–Crippen MR) is 68.2 cm³/mol. The molecule has 0 heterocycles. The van der Waals surface area contributed by atoms with Crippen LogP contribution in [0.2, 0.25) is 0 Å². The van der Waals surface area contributed by atoms with Crippen molar-refractivity contribution in [2.45, 2.75) is 20.0 Å². The zero-order chi connectivity index (χ0) is 14.0. The van der Waals surface area contributed by atoms with Gasteiger partial charge in [-0.05, 0) is 43.2 Å². The molecule has 0 bridgehead atoms. The molecule has 0 saturated carbocycles. The van der Waals surface area contributed by atoms with Crippen LogP contribution in [0, 0.1) is 18.6 Å². The van der Waals surface area contributed by atoms with Crippen molar-refractivity contribution in [3.8, 4) is 11.5 Å². The fourth-order valence-electron chi connectivity index (χ4n) is 1.68. The molecular formula is C15H14F2O2. The molecule has 2 nitrogen and oxygen atoms in total. The number of hydrogen-bond acceptors (Lipinski definition) is 2. The fourth-order valence-corrected chi connectivity index (χ4v) is 1.68. The summed E-state index contributed by atoms with van der Waals surface area (Å²) in [5.41, 5.74) is 0.869. The second kappa shape index (κ2) is 5.36. The highest BCUT2D eigenvalue weighted by Gasteiger charge is 2.12. The van der Waals surface area contributed by atoms with Gasteiger partial charge < -0.3 is 9.84 Å². The molecule has 2 aromatic carbocycles. The summed E-state index contributed by atoms with van der Waals surface area (Å²) in [6, 6.07) is 8.76. The van der Waals surface area contributed by atoms with Crippen LogP contribution in [0.1, 0.15) is 24.2 Å². The van der Waals surface area contributed by atoms with Gasteiger partial charge >= 0.3 is 0 Å². The smallest absolute Gasteiger partial charge is 0.168 e. The third-order valence-electron chi connectivity index (χ3n) is 2.81. The molecule has 0 fully saturated rings. The lowest BCUT2D eigenvalue weighted by atomic mass is 10.1. The summed E-state index contributed by atoms with van der Waals surface area (Å²) in [6.45, 7) is 3.14. The van der Waals surface area contributed by atoms with Crippen molar-refractivity contribution in [2.75, 3.05) is 0 Å². The normalized spacial score (nSPS) is 12.3. The molecule has 0 saturated heterocycles. The van der Waals surface area contributed by atoms with Crippen molar-refractivity contribution in [2.24, 2.45) is 0 Å². The highest BCUT2D eigenvalue weighted by Crippen LogP contribution is 2.29. The van der Waals surface area contributed by atoms with E-state index in [1.54, 1.807) is 19.1 Å². The Morgan fingerprint density at radius 3 is 2.47 bits per heavy atom. The Hall–Kier alpha value is -1.94. The van der Waals surface area contributed by atoms with Crippen LogP contribution < -0.4 is 4.74 Å². The van der Waals surface area contributed by atoms with Crippen LogP contribution in [0.5, 0.6) is 11.5 Å². The summed E-state index contributed by atoms with van der Waals surface area (Å²) in [7, 11) is 0. The minimum Gasteiger partial charge on any atom is -0.451 e. The second-order valence-corrected chi connectivity index (χ2v) is 4.35. The molecule has 1 N–H and O–H groups in total. The molecule has 1 atom stereocenters. The molecule has 19 heavy (non-hydrogen) atoms. The molecule has 0 aliphatic heterocycles. The molecule has 100 valence electrons. The Bertz CT molecular complexity index is 595. The number of hydrogen-bond donors (Lipinski definition) is 1. The van der Waals surface area contributed by atoms with E-state index in [0.29, 0.717) is 11.1 Å². The quantitative estimate of drug-likeness (QED) is 0.903. The van der Waals surface area contributed by atoms with Crippen LogP contribution in [0.25, 0.3) is 0 Å². The molecule has 2 rings (SSSR count). The molecule has 0 radical (unpaired) electrons. The maximum Gasteiger partial charge on any atom is 0.168 e. The molecule has 2 aromatic rings. The van der Waals surface area contributed by atoms with Crippen LogP contribution >= 0.6 is 0 Å². The zero-order valence-corrected chi connectivity index (χ0v) is 10.7. The van der Waals surface area contributed by atoms with E-state index >= 15 is 0 Å². The lowest BCUT2D eigenvalue weighted by Gasteiger charge is -2.11. The average Bonchev–Trinajstić information content (AvgIpc) is 2.37. The summed E-state index contributed by atoms with van der Waals surface area (Å²) < 4.78 is 32.7. The molecule has 0 amide bonds. The van der Waals surface area contributed by atoms with Gasteiger partial charge in [-0.1, -0.05) is 18.2 Å². The number of aliphatic hydroxyl groups is 1. The number of ether oxygens (including phenoxy) is 1. The van der Waals surface area contributed by atoms with E-state index in [2.05, 4.69) is 0 Å². The van der Waals surface area contributed by atoms with Crippen LogP contribution in [0.15, 0.2) is 36.4 Å². The Balaban J connectivity index is 2.31. The molecule has 0 aliphatic rings. The Labute approximate surface area is 110 Å². The van der Waals surface area contributed by atoms with E-state index in [-0.39, 0.29) is 11.5 Å². The van der Waals surface area contributed by atoms with Crippen LogP contribution in [0.4, 0.5) is 8.78 Å². The van der Waals surface area contributed by atoms with Gasteiger partial charge in [-0.25, -0.2) is 8.78 Å². The van der Waals surface area contributed by atoms with Crippen molar-refractivity contribution in [1.29, 1.82) is 0 Å². The third kappa shape index (κ3) is 2.90. The zero-order valence-electron chi connectivity index (χ0n) is 10.7. The third-order valence-corrected chi connectivity index (χ3v) is 2.81. The Morgan fingerprint density at radius 2 is 1.84 bits per heavy atom. The first-order valence-electron chi connectivity index (χ1n) is 5.89. The van der Waals surface area contributed by atoms with Gasteiger partial charge in [0.15, 0.2) is 23.1 Å². The maximum atomic E-state index is 13.8. The van der Waals surface area contributed by atoms with Gasteiger partial charge in [0.25, 0.3) is 0 Å². The van der Waals surface area contributed by atoms with Crippen LogP contribution in [-0.4, -0.2) is 5.11 Å². The number of benzene rings is 2. The van der Waals surface area contributed by atoms with Crippen molar-refractivity contribution in [3.05, 3.63) is 59.2 Å². The Kier molecular flexibility index (Phi) is 3.81. The topological polar surface area (TPSA) is 29.5 Å². The van der Waals surface area contributed by atoms with Gasteiger partial charge in [-0.3, -0.25) is 0 Å². The van der Waals surface area contributed by atoms with Gasteiger partial charge in [0.2, 0.25) is 0 Å². The van der Waals surface area contributed by atoms with E-state index in [1.807, 2.05) is 0 Å². The number of aryl methyl sites for hydroxylation is 1. The first-order valence-corrected chi connectivity index (χ1v) is 5.89. The van der Waals surface area contributed by atoms with Crippen LogP contribution in [-0.2, 0) is 0 Å². The largest absolute Gasteiger partial charge is 0.451 e. The van der Waals surface area contributed by atoms with Crippen molar-refractivity contribution >= 4 is 0 Å². The number of rotatable bonds is 3. The highest BCUT2D eigenvalue weighted by molar-refractivity contribution is 5.37. The highest BCUT2D eigenvalue weighted by atomic mass is 19.1. The minimum absolute atomic E-state index is 0.0244.